The highest BCUT2D eigenvalue weighted by molar-refractivity contribution is 7.22. The highest BCUT2D eigenvalue weighted by Gasteiger charge is 2.80. The van der Waals surface area contributed by atoms with E-state index in [9.17, 15) is 39.9 Å². The molecule has 0 spiro atoms. The van der Waals surface area contributed by atoms with Gasteiger partial charge >= 0.3 is 0 Å². The van der Waals surface area contributed by atoms with E-state index in [1.807, 2.05) is 30.3 Å². The van der Waals surface area contributed by atoms with E-state index in [0.717, 1.165) is 15.0 Å². The SMILES string of the molecule is CC(C)[C@H]1C(O)[C@@H](C(N)=O)C(=O)[C@]2(O)C(O)[C@H]3C(=O)c4c(ccc(-c5cc6ccccc6s5)c4O)[C@@H](C)[C@]3(C)[C@@H](O)[C@]12C. The van der Waals surface area contributed by atoms with Crippen molar-refractivity contribution in [2.45, 2.75) is 64.4 Å². The second kappa shape index (κ2) is 9.42. The lowest BCUT2D eigenvalue weighted by Crippen LogP contribution is -2.83. The smallest absolute Gasteiger partial charge is 0.230 e. The van der Waals surface area contributed by atoms with Crippen LogP contribution in [0.25, 0.3) is 20.5 Å². The van der Waals surface area contributed by atoms with E-state index >= 15 is 0 Å². The molecule has 0 aliphatic heterocycles. The Balaban J connectivity index is 1.57. The van der Waals surface area contributed by atoms with Gasteiger partial charge in [-0.25, -0.2) is 0 Å². The van der Waals surface area contributed by atoms with Gasteiger partial charge in [0.1, 0.15) is 17.8 Å². The normalized spacial score (nSPS) is 39.0. The van der Waals surface area contributed by atoms with Gasteiger partial charge in [0.15, 0.2) is 17.2 Å². The summed E-state index contributed by atoms with van der Waals surface area (Å²) in [5.74, 6) is -8.98. The molecule has 2 aromatic carbocycles. The molecule has 1 aromatic heterocycles. The van der Waals surface area contributed by atoms with Gasteiger partial charge in [0.05, 0.1) is 23.7 Å². The van der Waals surface area contributed by atoms with Crippen LogP contribution in [0.1, 0.15) is 56.5 Å². The number of phenolic OH excluding ortho intramolecular Hbond substituents is 1. The molecule has 2 unspecified atom stereocenters. The fraction of sp³-hybridized carbons (Fsp3) is 0.485. The average Bonchev–Trinajstić information content (AvgIpc) is 3.37. The number of aliphatic hydroxyl groups is 4. The number of Topliss-reactive ketones (excluding diaryl/α,β-unsaturated/α-hetero) is 2. The summed E-state index contributed by atoms with van der Waals surface area (Å²) in [4.78, 5) is 41.6. The minimum absolute atomic E-state index is 0.0430. The fourth-order valence-corrected chi connectivity index (χ4v) is 10.2. The van der Waals surface area contributed by atoms with Gasteiger partial charge in [-0.2, -0.15) is 0 Å². The number of aromatic hydroxyl groups is 1. The molecule has 3 aliphatic carbocycles. The molecule has 1 heterocycles. The van der Waals surface area contributed by atoms with Crippen LogP contribution in [-0.4, -0.2) is 66.9 Å². The zero-order valence-electron chi connectivity index (χ0n) is 24.6. The second-order valence-corrected chi connectivity index (χ2v) is 14.5. The Morgan fingerprint density at radius 2 is 1.70 bits per heavy atom. The number of nitrogens with two attached hydrogens (primary N) is 1. The van der Waals surface area contributed by atoms with Crippen LogP contribution in [0, 0.1) is 34.5 Å². The number of fused-ring (bicyclic) bond motifs is 4. The third-order valence-corrected chi connectivity index (χ3v) is 12.5. The van der Waals surface area contributed by atoms with Crippen LogP contribution in [0.5, 0.6) is 5.75 Å². The maximum atomic E-state index is 14.5. The van der Waals surface area contributed by atoms with Crippen LogP contribution in [0.3, 0.4) is 0 Å². The third-order valence-electron chi connectivity index (χ3n) is 11.3. The van der Waals surface area contributed by atoms with Crippen molar-refractivity contribution < 1.29 is 39.9 Å². The van der Waals surface area contributed by atoms with Crippen LogP contribution in [0.4, 0.5) is 0 Å². The molecule has 0 bridgehead atoms. The summed E-state index contributed by atoms with van der Waals surface area (Å²) in [5, 5.41) is 60.6. The first-order chi connectivity index (χ1) is 20.1. The van der Waals surface area contributed by atoms with Crippen LogP contribution in [0.2, 0.25) is 0 Å². The lowest BCUT2D eigenvalue weighted by molar-refractivity contribution is -0.306. The Morgan fingerprint density at radius 1 is 1.05 bits per heavy atom. The number of aliphatic hydroxyl groups excluding tert-OH is 3. The number of phenols is 1. The first-order valence-corrected chi connectivity index (χ1v) is 15.4. The number of hydrogen-bond acceptors (Lipinski definition) is 9. The van der Waals surface area contributed by atoms with Crippen LogP contribution in [-0.2, 0) is 9.59 Å². The van der Waals surface area contributed by atoms with E-state index in [1.165, 1.54) is 18.3 Å². The fourth-order valence-electron chi connectivity index (χ4n) is 9.07. The van der Waals surface area contributed by atoms with Crippen molar-refractivity contribution >= 4 is 38.9 Å². The van der Waals surface area contributed by atoms with E-state index in [-0.39, 0.29) is 11.3 Å². The second-order valence-electron chi connectivity index (χ2n) is 13.4. The summed E-state index contributed by atoms with van der Waals surface area (Å²) in [6.07, 6.45) is -5.31. The average molecular weight is 608 g/mol. The van der Waals surface area contributed by atoms with Gasteiger partial charge in [0.2, 0.25) is 5.91 Å². The van der Waals surface area contributed by atoms with Crippen LogP contribution in [0.15, 0.2) is 42.5 Å². The standard InChI is InChI=1S/C33H37NO8S/c1-13(2)22-26(37)21(29(34)40)27(38)33(42)28(39)23-25(36)20-16(14(3)31(23,4)30(41)32(22,33)5)10-11-17(24(20)35)19-12-15-8-6-7-9-18(15)43-19/h6-14,21-23,26,28,30,35,37,39,41-42H,1-5H3,(H2,34,40)/t14-,21-,22+,23-,26?,28?,30-,31+,32+,33+/m1/s1. The molecule has 3 aliphatic rings. The lowest BCUT2D eigenvalue weighted by atomic mass is 9.36. The summed E-state index contributed by atoms with van der Waals surface area (Å²) in [6, 6.07) is 13.1. The number of benzene rings is 2. The van der Waals surface area contributed by atoms with E-state index in [0.29, 0.717) is 11.1 Å². The molecule has 0 saturated heterocycles. The Labute approximate surface area is 253 Å². The van der Waals surface area contributed by atoms with Gasteiger partial charge in [-0.1, -0.05) is 58.9 Å². The topological polar surface area (TPSA) is 178 Å². The number of hydrogen-bond donors (Lipinski definition) is 6. The third kappa shape index (κ3) is 3.44. The molecule has 9 nitrogen and oxygen atoms in total. The zero-order valence-corrected chi connectivity index (χ0v) is 25.4. The van der Waals surface area contributed by atoms with E-state index in [4.69, 9.17) is 5.73 Å². The molecular formula is C33H37NO8S. The van der Waals surface area contributed by atoms with Crippen LogP contribution < -0.4 is 5.73 Å². The molecule has 2 saturated carbocycles. The Kier molecular flexibility index (Phi) is 6.55. The molecule has 1 amide bonds. The first kappa shape index (κ1) is 29.9. The molecule has 10 heteroatoms. The van der Waals surface area contributed by atoms with Gasteiger partial charge in [0, 0.05) is 26.0 Å². The summed E-state index contributed by atoms with van der Waals surface area (Å²) in [5.41, 5.74) is 0.244. The number of carbonyl (C=O) groups excluding carboxylic acids is 3. The molecular weight excluding hydrogens is 570 g/mol. The molecule has 2 fully saturated rings. The predicted molar refractivity (Wildman–Crippen MR) is 160 cm³/mol. The predicted octanol–water partition coefficient (Wildman–Crippen LogP) is 2.99. The van der Waals surface area contributed by atoms with Crippen molar-refractivity contribution in [3.05, 3.63) is 53.6 Å². The number of amides is 1. The number of rotatable bonds is 3. The van der Waals surface area contributed by atoms with Crippen molar-refractivity contribution in [1.82, 2.24) is 0 Å². The van der Waals surface area contributed by atoms with Crippen molar-refractivity contribution in [2.24, 2.45) is 40.2 Å². The first-order valence-electron chi connectivity index (χ1n) is 14.5. The zero-order chi connectivity index (χ0) is 31.5. The molecule has 43 heavy (non-hydrogen) atoms. The minimum atomic E-state index is -2.81. The molecule has 7 N–H and O–H groups in total. The number of primary amides is 1. The monoisotopic (exact) mass is 607 g/mol. The lowest BCUT2D eigenvalue weighted by Gasteiger charge is -2.69. The van der Waals surface area contributed by atoms with Crippen molar-refractivity contribution in [3.63, 3.8) is 0 Å². The maximum Gasteiger partial charge on any atom is 0.230 e. The Morgan fingerprint density at radius 3 is 2.30 bits per heavy atom. The molecule has 10 atom stereocenters. The largest absolute Gasteiger partial charge is 0.506 e. The van der Waals surface area contributed by atoms with E-state index in [1.54, 1.807) is 39.8 Å². The van der Waals surface area contributed by atoms with Gasteiger partial charge in [0.25, 0.3) is 0 Å². The van der Waals surface area contributed by atoms with Crippen molar-refractivity contribution in [2.75, 3.05) is 0 Å². The van der Waals surface area contributed by atoms with Gasteiger partial charge in [-0.05, 0) is 46.9 Å². The minimum Gasteiger partial charge on any atom is -0.506 e. The quantitative estimate of drug-likeness (QED) is 0.246. The molecule has 228 valence electrons. The summed E-state index contributed by atoms with van der Waals surface area (Å²) >= 11 is 1.45. The highest BCUT2D eigenvalue weighted by Crippen LogP contribution is 2.68. The van der Waals surface area contributed by atoms with Crippen LogP contribution >= 0.6 is 11.3 Å². The maximum absolute atomic E-state index is 14.5. The van der Waals surface area contributed by atoms with E-state index < -0.39 is 81.8 Å². The van der Waals surface area contributed by atoms with Crippen molar-refractivity contribution in [1.29, 1.82) is 0 Å². The molecule has 3 aromatic rings. The number of thiophene rings is 1. The molecule has 6 rings (SSSR count). The van der Waals surface area contributed by atoms with Gasteiger partial charge in [-0.15, -0.1) is 11.3 Å². The van der Waals surface area contributed by atoms with Crippen molar-refractivity contribution in [3.8, 4) is 16.2 Å². The summed E-state index contributed by atoms with van der Waals surface area (Å²) in [6.45, 7) is 8.28. The number of carbonyl (C=O) groups is 3. The molecule has 0 radical (unpaired) electrons. The van der Waals surface area contributed by atoms with Gasteiger partial charge < -0.3 is 31.3 Å². The Bertz CT molecular complexity index is 1670. The number of ketones is 2. The highest BCUT2D eigenvalue weighted by atomic mass is 32.1. The summed E-state index contributed by atoms with van der Waals surface area (Å²) in [7, 11) is 0. The van der Waals surface area contributed by atoms with E-state index in [2.05, 4.69) is 0 Å². The summed E-state index contributed by atoms with van der Waals surface area (Å²) < 4.78 is 0.996. The Hall–Kier alpha value is -3.15. The van der Waals surface area contributed by atoms with Gasteiger partial charge in [-0.3, -0.25) is 14.4 Å².